The Bertz CT molecular complexity index is 702. The van der Waals surface area contributed by atoms with Gasteiger partial charge in [0, 0.05) is 12.3 Å². The first-order valence-electron chi connectivity index (χ1n) is 8.85. The van der Waals surface area contributed by atoms with Gasteiger partial charge in [-0.2, -0.15) is 0 Å². The van der Waals surface area contributed by atoms with Gasteiger partial charge in [0.25, 0.3) is 5.91 Å². The highest BCUT2D eigenvalue weighted by atomic mass is 16.5. The van der Waals surface area contributed by atoms with E-state index in [1.807, 2.05) is 6.07 Å². The molecule has 1 aliphatic heterocycles. The Morgan fingerprint density at radius 1 is 1.12 bits per heavy atom. The van der Waals surface area contributed by atoms with Crippen molar-refractivity contribution in [2.45, 2.75) is 45.6 Å². The van der Waals surface area contributed by atoms with Crippen molar-refractivity contribution in [1.82, 2.24) is 10.2 Å². The van der Waals surface area contributed by atoms with Crippen LogP contribution >= 0.6 is 0 Å². The minimum Gasteiger partial charge on any atom is -0.368 e. The van der Waals surface area contributed by atoms with Crippen molar-refractivity contribution in [2.75, 3.05) is 17.2 Å². The van der Waals surface area contributed by atoms with E-state index in [4.69, 9.17) is 4.74 Å². The molecule has 0 radical (unpaired) electrons. The van der Waals surface area contributed by atoms with E-state index in [-0.39, 0.29) is 12.0 Å². The maximum atomic E-state index is 12.0. The lowest BCUT2D eigenvalue weighted by molar-refractivity contribution is -0.124. The second kappa shape index (κ2) is 8.07. The molecule has 3 rings (SSSR count). The van der Waals surface area contributed by atoms with Crippen LogP contribution in [-0.2, 0) is 22.4 Å². The minimum atomic E-state index is -0.372. The lowest BCUT2D eigenvalue weighted by Crippen LogP contribution is -2.27. The van der Waals surface area contributed by atoms with E-state index in [9.17, 15) is 4.79 Å². The summed E-state index contributed by atoms with van der Waals surface area (Å²) in [5.74, 6) is 0.938. The van der Waals surface area contributed by atoms with Gasteiger partial charge in [0.2, 0.25) is 0 Å². The molecule has 0 bridgehead atoms. The fourth-order valence-electron chi connectivity index (χ4n) is 2.99. The first-order chi connectivity index (χ1) is 12.2. The number of para-hydroxylation sites is 1. The van der Waals surface area contributed by atoms with Crippen molar-refractivity contribution in [3.8, 4) is 0 Å². The fraction of sp³-hybridized carbons (Fsp3) is 0.421. The van der Waals surface area contributed by atoms with Crippen molar-refractivity contribution in [3.63, 3.8) is 0 Å². The molecule has 6 nitrogen and oxygen atoms in total. The number of hydrogen-bond donors (Lipinski definition) is 2. The zero-order valence-electron chi connectivity index (χ0n) is 14.7. The number of nitrogens with one attached hydrogen (secondary N) is 2. The van der Waals surface area contributed by atoms with Gasteiger partial charge in [0.15, 0.2) is 11.6 Å². The Hall–Kier alpha value is -2.47. The third kappa shape index (κ3) is 4.14. The highest BCUT2D eigenvalue weighted by Crippen LogP contribution is 2.25. The van der Waals surface area contributed by atoms with Crippen LogP contribution in [0.1, 0.15) is 37.8 Å². The number of hydrogen-bond acceptors (Lipinski definition) is 5. The molecule has 1 amide bonds. The second-order valence-corrected chi connectivity index (χ2v) is 6.08. The molecule has 6 heteroatoms. The molecule has 25 heavy (non-hydrogen) atoms. The Morgan fingerprint density at radius 2 is 1.80 bits per heavy atom. The van der Waals surface area contributed by atoms with Crippen LogP contribution in [0.2, 0.25) is 0 Å². The van der Waals surface area contributed by atoms with E-state index in [0.29, 0.717) is 18.2 Å². The maximum absolute atomic E-state index is 12.0. The van der Waals surface area contributed by atoms with E-state index in [0.717, 1.165) is 31.4 Å². The normalized spacial score (nSPS) is 16.6. The molecule has 1 unspecified atom stereocenters. The molecule has 1 aliphatic rings. The highest BCUT2D eigenvalue weighted by molar-refractivity contribution is 5.93. The van der Waals surface area contributed by atoms with E-state index in [2.05, 4.69) is 52.9 Å². The predicted octanol–water partition coefficient (Wildman–Crippen LogP) is 3.46. The number of carbonyl (C=O) groups excluding carboxylic acids is 1. The van der Waals surface area contributed by atoms with Gasteiger partial charge in [-0.15, -0.1) is 10.2 Å². The molecular formula is C19H24N4O2. The van der Waals surface area contributed by atoms with Gasteiger partial charge < -0.3 is 15.4 Å². The summed E-state index contributed by atoms with van der Waals surface area (Å²) >= 11 is 0. The number of ether oxygens (including phenoxy) is 1. The molecule has 2 heterocycles. The van der Waals surface area contributed by atoms with Crippen molar-refractivity contribution in [2.24, 2.45) is 0 Å². The molecule has 2 N–H and O–H groups in total. The topological polar surface area (TPSA) is 76.1 Å². The van der Waals surface area contributed by atoms with Crippen LogP contribution in [0.5, 0.6) is 0 Å². The molecule has 1 aromatic heterocycles. The first-order valence-corrected chi connectivity index (χ1v) is 8.85. The van der Waals surface area contributed by atoms with Crippen LogP contribution in [-0.4, -0.2) is 28.8 Å². The number of anilines is 3. The second-order valence-electron chi connectivity index (χ2n) is 6.08. The molecule has 0 spiro atoms. The third-order valence-corrected chi connectivity index (χ3v) is 4.39. The van der Waals surface area contributed by atoms with Crippen molar-refractivity contribution in [1.29, 1.82) is 0 Å². The lowest BCUT2D eigenvalue weighted by atomic mass is 10.0. The summed E-state index contributed by atoms with van der Waals surface area (Å²) in [4.78, 5) is 12.0. The lowest BCUT2D eigenvalue weighted by Gasteiger charge is -2.15. The largest absolute Gasteiger partial charge is 0.368 e. The molecule has 0 aliphatic carbocycles. The number of aryl methyl sites for hydroxylation is 2. The van der Waals surface area contributed by atoms with Crippen LogP contribution in [0, 0.1) is 0 Å². The summed E-state index contributed by atoms with van der Waals surface area (Å²) < 4.78 is 5.37. The number of benzene rings is 1. The van der Waals surface area contributed by atoms with E-state index >= 15 is 0 Å². The molecule has 1 atom stereocenters. The van der Waals surface area contributed by atoms with Crippen LogP contribution < -0.4 is 10.6 Å². The smallest absolute Gasteiger partial charge is 0.254 e. The van der Waals surface area contributed by atoms with Crippen molar-refractivity contribution < 1.29 is 9.53 Å². The van der Waals surface area contributed by atoms with Gasteiger partial charge in [-0.05, 0) is 48.9 Å². The van der Waals surface area contributed by atoms with Gasteiger partial charge in [-0.3, -0.25) is 4.79 Å². The van der Waals surface area contributed by atoms with E-state index in [1.165, 1.54) is 11.1 Å². The van der Waals surface area contributed by atoms with E-state index in [1.54, 1.807) is 6.07 Å². The van der Waals surface area contributed by atoms with Crippen LogP contribution in [0.15, 0.2) is 30.3 Å². The monoisotopic (exact) mass is 340 g/mol. The zero-order chi connectivity index (χ0) is 17.6. The van der Waals surface area contributed by atoms with Crippen LogP contribution in [0.3, 0.4) is 0 Å². The molecule has 1 saturated heterocycles. The SMILES string of the molecule is CCc1cccc(CC)c1Nc1ccc(NC(=O)C2CCCO2)nn1. The Morgan fingerprint density at radius 3 is 2.36 bits per heavy atom. The summed E-state index contributed by atoms with van der Waals surface area (Å²) in [6.45, 7) is 4.91. The molecule has 1 fully saturated rings. The average Bonchev–Trinajstić information content (AvgIpc) is 3.18. The van der Waals surface area contributed by atoms with E-state index < -0.39 is 0 Å². The quantitative estimate of drug-likeness (QED) is 0.842. The number of amides is 1. The van der Waals surface area contributed by atoms with Gasteiger partial charge in [-0.1, -0.05) is 32.0 Å². The molecule has 1 aromatic carbocycles. The summed E-state index contributed by atoms with van der Waals surface area (Å²) in [5.41, 5.74) is 3.59. The average molecular weight is 340 g/mol. The predicted molar refractivity (Wildman–Crippen MR) is 98.1 cm³/mol. The molecule has 0 saturated carbocycles. The van der Waals surface area contributed by atoms with Gasteiger partial charge in [0.1, 0.15) is 6.10 Å². The number of aromatic nitrogens is 2. The molecule has 132 valence electrons. The standard InChI is InChI=1S/C19H24N4O2/c1-3-13-7-5-8-14(4-2)18(13)20-16-10-11-17(23-22-16)21-19(24)15-9-6-12-25-15/h5,7-8,10-11,15H,3-4,6,9,12H2,1-2H3,(H,20,22)(H,21,23,24). The number of carbonyl (C=O) groups is 1. The Labute approximate surface area is 148 Å². The Balaban J connectivity index is 1.70. The summed E-state index contributed by atoms with van der Waals surface area (Å²) in [6, 6.07) is 9.89. The minimum absolute atomic E-state index is 0.155. The highest BCUT2D eigenvalue weighted by Gasteiger charge is 2.23. The van der Waals surface area contributed by atoms with Crippen molar-refractivity contribution >= 4 is 23.2 Å². The van der Waals surface area contributed by atoms with Gasteiger partial charge >= 0.3 is 0 Å². The fourth-order valence-corrected chi connectivity index (χ4v) is 2.99. The Kier molecular flexibility index (Phi) is 5.60. The van der Waals surface area contributed by atoms with Gasteiger partial charge in [0.05, 0.1) is 0 Å². The van der Waals surface area contributed by atoms with Crippen molar-refractivity contribution in [3.05, 3.63) is 41.5 Å². The number of rotatable bonds is 6. The maximum Gasteiger partial charge on any atom is 0.254 e. The summed E-state index contributed by atoms with van der Waals surface area (Å²) in [5, 5.41) is 14.4. The molecule has 2 aromatic rings. The summed E-state index contributed by atoms with van der Waals surface area (Å²) in [6.07, 6.45) is 3.19. The zero-order valence-corrected chi connectivity index (χ0v) is 14.7. The summed E-state index contributed by atoms with van der Waals surface area (Å²) in [7, 11) is 0. The van der Waals surface area contributed by atoms with Gasteiger partial charge in [-0.25, -0.2) is 0 Å². The number of nitrogens with zero attached hydrogens (tertiary/aromatic N) is 2. The first kappa shape index (κ1) is 17.4. The third-order valence-electron chi connectivity index (χ3n) is 4.39. The molecular weight excluding hydrogens is 316 g/mol. The van der Waals surface area contributed by atoms with Crippen LogP contribution in [0.4, 0.5) is 17.3 Å². The van der Waals surface area contributed by atoms with Crippen LogP contribution in [0.25, 0.3) is 0 Å².